The third-order valence-electron chi connectivity index (χ3n) is 7.25. The molecule has 3 heterocycles. The van der Waals surface area contributed by atoms with Crippen molar-refractivity contribution in [3.63, 3.8) is 0 Å². The Morgan fingerprint density at radius 3 is 2.56 bits per heavy atom. The van der Waals surface area contributed by atoms with Crippen molar-refractivity contribution < 1.29 is 5.11 Å². The van der Waals surface area contributed by atoms with E-state index >= 15 is 0 Å². The summed E-state index contributed by atoms with van der Waals surface area (Å²) in [6.07, 6.45) is 12.2. The fourth-order valence-electron chi connectivity index (χ4n) is 5.37. The van der Waals surface area contributed by atoms with Crippen molar-refractivity contribution in [2.45, 2.75) is 75.1 Å². The van der Waals surface area contributed by atoms with Gasteiger partial charge in [-0.3, -0.25) is 0 Å². The normalized spacial score (nSPS) is 30.4. The maximum Gasteiger partial charge on any atom is 0.165 e. The average molecular weight is 371 g/mol. The summed E-state index contributed by atoms with van der Waals surface area (Å²) in [7, 11) is 4.37. The van der Waals surface area contributed by atoms with Gasteiger partial charge in [0.05, 0.1) is 12.4 Å². The summed E-state index contributed by atoms with van der Waals surface area (Å²) in [6, 6.07) is 0.948. The molecule has 1 saturated heterocycles. The molecule has 5 rings (SSSR count). The Hall–Kier alpha value is -1.73. The smallest absolute Gasteiger partial charge is 0.165 e. The number of nitrogens with zero attached hydrogens (tertiary/aromatic N) is 6. The third kappa shape index (κ3) is 2.74. The molecule has 0 amide bonds. The largest absolute Gasteiger partial charge is 0.393 e. The molecule has 2 aromatic heterocycles. The van der Waals surface area contributed by atoms with E-state index in [2.05, 4.69) is 33.4 Å². The Kier molecular flexibility index (Phi) is 4.13. The van der Waals surface area contributed by atoms with Crippen molar-refractivity contribution in [2.24, 2.45) is 0 Å². The monoisotopic (exact) mass is 370 g/mol. The van der Waals surface area contributed by atoms with Gasteiger partial charge in [-0.05, 0) is 65.5 Å². The summed E-state index contributed by atoms with van der Waals surface area (Å²) in [6.45, 7) is 1.02. The van der Waals surface area contributed by atoms with E-state index in [1.165, 1.54) is 25.7 Å². The van der Waals surface area contributed by atoms with Crippen molar-refractivity contribution in [2.75, 3.05) is 25.5 Å². The van der Waals surface area contributed by atoms with Crippen LogP contribution in [-0.2, 0) is 0 Å². The predicted octanol–water partition coefficient (Wildman–Crippen LogP) is 2.37. The molecule has 1 unspecified atom stereocenters. The van der Waals surface area contributed by atoms with E-state index in [0.29, 0.717) is 12.1 Å². The highest BCUT2D eigenvalue weighted by Gasteiger charge is 2.51. The van der Waals surface area contributed by atoms with Gasteiger partial charge in [-0.15, -0.1) is 0 Å². The first-order valence-electron chi connectivity index (χ1n) is 10.4. The number of rotatable bonds is 3. The van der Waals surface area contributed by atoms with Gasteiger partial charge < -0.3 is 19.5 Å². The van der Waals surface area contributed by atoms with Crippen LogP contribution in [0.1, 0.15) is 57.4 Å². The van der Waals surface area contributed by atoms with Crippen LogP contribution in [0.3, 0.4) is 0 Å². The topological polar surface area (TPSA) is 70.3 Å². The Balaban J connectivity index is 1.51. The summed E-state index contributed by atoms with van der Waals surface area (Å²) < 4.78 is 2.22. The highest BCUT2D eigenvalue weighted by Crippen LogP contribution is 2.49. The predicted molar refractivity (Wildman–Crippen MR) is 105 cm³/mol. The number of likely N-dealkylation sites (N-methyl/N-ethyl adjacent to an activating group) is 1. The first-order valence-corrected chi connectivity index (χ1v) is 10.4. The minimum absolute atomic E-state index is 0.146. The molecule has 146 valence electrons. The SMILES string of the molecule is CN(C)C1CN(c2ncnc3c2ncn3C2CCC(O)CC2)C2(CCC2)C1. The van der Waals surface area contributed by atoms with E-state index in [0.717, 1.165) is 49.2 Å². The summed E-state index contributed by atoms with van der Waals surface area (Å²) in [5.74, 6) is 1.01. The number of aromatic nitrogens is 4. The summed E-state index contributed by atoms with van der Waals surface area (Å²) >= 11 is 0. The molecule has 7 heteroatoms. The van der Waals surface area contributed by atoms with Crippen molar-refractivity contribution in [3.8, 4) is 0 Å². The maximum atomic E-state index is 9.83. The van der Waals surface area contributed by atoms with E-state index in [1.54, 1.807) is 6.33 Å². The van der Waals surface area contributed by atoms with Gasteiger partial charge in [-0.2, -0.15) is 0 Å². The molecule has 0 radical (unpaired) electrons. The minimum atomic E-state index is -0.146. The van der Waals surface area contributed by atoms with Crippen LogP contribution in [0.2, 0.25) is 0 Å². The fourth-order valence-corrected chi connectivity index (χ4v) is 5.37. The molecular weight excluding hydrogens is 340 g/mol. The second kappa shape index (κ2) is 6.41. The van der Waals surface area contributed by atoms with Crippen LogP contribution in [0, 0.1) is 0 Å². The molecule has 3 aliphatic rings. The van der Waals surface area contributed by atoms with Crippen LogP contribution in [-0.4, -0.2) is 67.9 Å². The summed E-state index contributed by atoms with van der Waals surface area (Å²) in [5, 5.41) is 9.83. The van der Waals surface area contributed by atoms with Crippen molar-refractivity contribution in [3.05, 3.63) is 12.7 Å². The Morgan fingerprint density at radius 1 is 1.11 bits per heavy atom. The highest BCUT2D eigenvalue weighted by atomic mass is 16.3. The first kappa shape index (κ1) is 17.4. The number of hydrogen-bond donors (Lipinski definition) is 1. The zero-order valence-corrected chi connectivity index (χ0v) is 16.4. The second-order valence-corrected chi connectivity index (χ2v) is 8.99. The molecule has 2 aliphatic carbocycles. The second-order valence-electron chi connectivity index (χ2n) is 8.99. The lowest BCUT2D eigenvalue weighted by molar-refractivity contribution is 0.111. The van der Waals surface area contributed by atoms with Crippen LogP contribution in [0.5, 0.6) is 0 Å². The zero-order chi connectivity index (χ0) is 18.6. The van der Waals surface area contributed by atoms with Crippen LogP contribution in [0.15, 0.2) is 12.7 Å². The average Bonchev–Trinajstić information content (AvgIpc) is 3.24. The lowest BCUT2D eigenvalue weighted by Gasteiger charge is -2.46. The van der Waals surface area contributed by atoms with Gasteiger partial charge in [0.15, 0.2) is 17.0 Å². The molecule has 3 fully saturated rings. The first-order chi connectivity index (χ1) is 13.1. The molecule has 2 aromatic rings. The van der Waals surface area contributed by atoms with E-state index in [-0.39, 0.29) is 11.6 Å². The fraction of sp³-hybridized carbons (Fsp3) is 0.750. The van der Waals surface area contributed by atoms with Gasteiger partial charge in [0, 0.05) is 24.2 Å². The molecule has 27 heavy (non-hydrogen) atoms. The molecule has 0 aromatic carbocycles. The molecule has 2 saturated carbocycles. The quantitative estimate of drug-likeness (QED) is 0.894. The van der Waals surface area contributed by atoms with Gasteiger partial charge >= 0.3 is 0 Å². The van der Waals surface area contributed by atoms with Crippen molar-refractivity contribution in [1.29, 1.82) is 0 Å². The van der Waals surface area contributed by atoms with E-state index in [4.69, 9.17) is 9.97 Å². The Bertz CT molecular complexity index is 821. The molecular formula is C20H30N6O. The van der Waals surface area contributed by atoms with Gasteiger partial charge in [-0.25, -0.2) is 15.0 Å². The molecule has 1 N–H and O–H groups in total. The third-order valence-corrected chi connectivity index (χ3v) is 7.25. The maximum absolute atomic E-state index is 9.83. The zero-order valence-electron chi connectivity index (χ0n) is 16.4. The van der Waals surface area contributed by atoms with Gasteiger partial charge in [0.1, 0.15) is 6.33 Å². The summed E-state index contributed by atoms with van der Waals surface area (Å²) in [4.78, 5) is 19.0. The molecule has 1 aliphatic heterocycles. The molecule has 1 atom stereocenters. The van der Waals surface area contributed by atoms with E-state index < -0.39 is 0 Å². The van der Waals surface area contributed by atoms with E-state index in [1.807, 2.05) is 6.33 Å². The molecule has 0 bridgehead atoms. The molecule has 7 nitrogen and oxygen atoms in total. The number of imidazole rings is 1. The van der Waals surface area contributed by atoms with Gasteiger partial charge in [0.25, 0.3) is 0 Å². The number of hydrogen-bond acceptors (Lipinski definition) is 6. The number of aliphatic hydroxyl groups is 1. The van der Waals surface area contributed by atoms with Crippen LogP contribution in [0.4, 0.5) is 5.82 Å². The molecule has 1 spiro atoms. The number of aliphatic hydroxyl groups excluding tert-OH is 1. The van der Waals surface area contributed by atoms with Gasteiger partial charge in [-0.1, -0.05) is 0 Å². The number of anilines is 1. The minimum Gasteiger partial charge on any atom is -0.393 e. The summed E-state index contributed by atoms with van der Waals surface area (Å²) in [5.41, 5.74) is 2.15. The van der Waals surface area contributed by atoms with Crippen molar-refractivity contribution >= 4 is 17.0 Å². The van der Waals surface area contributed by atoms with Gasteiger partial charge in [0.2, 0.25) is 0 Å². The van der Waals surface area contributed by atoms with E-state index in [9.17, 15) is 5.11 Å². The van der Waals surface area contributed by atoms with Crippen molar-refractivity contribution in [1.82, 2.24) is 24.4 Å². The van der Waals surface area contributed by atoms with Crippen LogP contribution < -0.4 is 4.90 Å². The lowest BCUT2D eigenvalue weighted by Crippen LogP contribution is -2.50. The van der Waals surface area contributed by atoms with Crippen LogP contribution >= 0.6 is 0 Å². The standard InChI is InChI=1S/C20H30N6O/c1-24(2)15-10-20(8-3-9-20)26(11-15)19-17-18(21-12-22-19)25(13-23-17)14-4-6-16(27)7-5-14/h12-16,27H,3-11H2,1-2H3. The Labute approximate surface area is 160 Å². The highest BCUT2D eigenvalue weighted by molar-refractivity contribution is 5.84. The number of fused-ring (bicyclic) bond motifs is 1. The lowest BCUT2D eigenvalue weighted by atomic mass is 9.74. The Morgan fingerprint density at radius 2 is 1.89 bits per heavy atom. The van der Waals surface area contributed by atoms with Crippen LogP contribution in [0.25, 0.3) is 11.2 Å².